The van der Waals surface area contributed by atoms with Gasteiger partial charge in [-0.1, -0.05) is 18.0 Å². The van der Waals surface area contributed by atoms with Crippen LogP contribution in [-0.4, -0.2) is 54.4 Å². The van der Waals surface area contributed by atoms with Crippen LogP contribution in [0.5, 0.6) is 5.75 Å². The summed E-state index contributed by atoms with van der Waals surface area (Å²) < 4.78 is 16.5. The van der Waals surface area contributed by atoms with E-state index in [2.05, 4.69) is 5.16 Å². The van der Waals surface area contributed by atoms with E-state index in [1.807, 2.05) is 30.0 Å². The second-order valence-corrected chi connectivity index (χ2v) is 9.74. The summed E-state index contributed by atoms with van der Waals surface area (Å²) in [7, 11) is 1.64. The first-order valence-corrected chi connectivity index (χ1v) is 11.9. The lowest BCUT2D eigenvalue weighted by Gasteiger charge is -2.40. The Balaban J connectivity index is 1.31. The monoisotopic (exact) mass is 439 g/mol. The van der Waals surface area contributed by atoms with E-state index in [1.165, 1.54) is 12.8 Å². The highest BCUT2D eigenvalue weighted by atomic mass is 16.5. The molecule has 0 bridgehead atoms. The Morgan fingerprint density at radius 2 is 1.94 bits per heavy atom. The number of ether oxygens (including phenoxy) is 2. The molecule has 1 aromatic heterocycles. The Morgan fingerprint density at radius 3 is 2.59 bits per heavy atom. The van der Waals surface area contributed by atoms with Gasteiger partial charge in [0.1, 0.15) is 5.75 Å². The van der Waals surface area contributed by atoms with E-state index < -0.39 is 0 Å². The molecule has 2 saturated heterocycles. The van der Waals surface area contributed by atoms with Gasteiger partial charge in [0.25, 0.3) is 5.91 Å². The van der Waals surface area contributed by atoms with E-state index in [4.69, 9.17) is 19.0 Å². The van der Waals surface area contributed by atoms with Gasteiger partial charge in [0.2, 0.25) is 5.89 Å². The highest BCUT2D eigenvalue weighted by molar-refractivity contribution is 5.95. The minimum atomic E-state index is -0.0835. The second-order valence-electron chi connectivity index (χ2n) is 9.74. The van der Waals surface area contributed by atoms with Crippen LogP contribution in [0, 0.1) is 12.8 Å². The summed E-state index contributed by atoms with van der Waals surface area (Å²) in [4.78, 5) is 20.1. The average molecular weight is 440 g/mol. The third-order valence-electron chi connectivity index (χ3n) is 7.53. The number of hydrogen-bond acceptors (Lipinski definition) is 6. The van der Waals surface area contributed by atoms with Crippen molar-refractivity contribution in [3.05, 3.63) is 41.0 Å². The van der Waals surface area contributed by atoms with Gasteiger partial charge >= 0.3 is 0 Å². The highest BCUT2D eigenvalue weighted by Crippen LogP contribution is 2.47. The molecule has 1 amide bonds. The summed E-state index contributed by atoms with van der Waals surface area (Å²) >= 11 is 0. The standard InChI is InChI=1S/C25H33N3O4/c1-17-15-20(30-2)5-6-21(17)23(29)28-11-9-25(10-12-28,16-18-3-4-18)24-26-22(32-27-24)19-7-13-31-14-8-19/h5-6,15,18-19H,3-4,7-14,16H2,1-2H3. The number of carbonyl (C=O) groups is 1. The summed E-state index contributed by atoms with van der Waals surface area (Å²) in [6.07, 6.45) is 7.35. The van der Waals surface area contributed by atoms with E-state index in [0.717, 1.165) is 92.9 Å². The molecule has 1 saturated carbocycles. The lowest BCUT2D eigenvalue weighted by atomic mass is 9.73. The Hall–Kier alpha value is -2.41. The van der Waals surface area contributed by atoms with E-state index in [0.29, 0.717) is 5.92 Å². The molecule has 0 atom stereocenters. The highest BCUT2D eigenvalue weighted by Gasteiger charge is 2.45. The third-order valence-corrected chi connectivity index (χ3v) is 7.53. The number of methoxy groups -OCH3 is 1. The van der Waals surface area contributed by atoms with Crippen molar-refractivity contribution in [3.8, 4) is 5.75 Å². The van der Waals surface area contributed by atoms with Crippen LogP contribution < -0.4 is 4.74 Å². The predicted molar refractivity (Wildman–Crippen MR) is 119 cm³/mol. The zero-order valence-electron chi connectivity index (χ0n) is 19.1. The molecule has 3 heterocycles. The van der Waals surface area contributed by atoms with Crippen molar-refractivity contribution in [2.75, 3.05) is 33.4 Å². The number of rotatable bonds is 6. The van der Waals surface area contributed by atoms with E-state index in [1.54, 1.807) is 7.11 Å². The number of hydrogen-bond donors (Lipinski definition) is 0. The molecule has 3 aliphatic rings. The second kappa shape index (κ2) is 8.85. The van der Waals surface area contributed by atoms with Crippen LogP contribution in [0.15, 0.2) is 22.7 Å². The van der Waals surface area contributed by atoms with Crippen LogP contribution in [0.2, 0.25) is 0 Å². The maximum atomic E-state index is 13.2. The molecule has 0 unspecified atom stereocenters. The minimum absolute atomic E-state index is 0.0835. The van der Waals surface area contributed by atoms with E-state index in [9.17, 15) is 4.79 Å². The van der Waals surface area contributed by atoms with Crippen LogP contribution in [0.1, 0.15) is 78.5 Å². The van der Waals surface area contributed by atoms with Crippen LogP contribution >= 0.6 is 0 Å². The van der Waals surface area contributed by atoms with Gasteiger partial charge in [-0.3, -0.25) is 4.79 Å². The molecule has 0 radical (unpaired) electrons. The number of benzene rings is 1. The molecule has 172 valence electrons. The van der Waals surface area contributed by atoms with Crippen molar-refractivity contribution in [1.82, 2.24) is 15.0 Å². The smallest absolute Gasteiger partial charge is 0.254 e. The molecule has 0 N–H and O–H groups in total. The molecule has 3 fully saturated rings. The zero-order valence-corrected chi connectivity index (χ0v) is 19.1. The fourth-order valence-electron chi connectivity index (χ4n) is 5.27. The lowest BCUT2D eigenvalue weighted by Crippen LogP contribution is -2.46. The third kappa shape index (κ3) is 4.27. The van der Waals surface area contributed by atoms with Crippen molar-refractivity contribution in [1.29, 1.82) is 0 Å². The lowest BCUT2D eigenvalue weighted by molar-refractivity contribution is 0.0644. The first kappa shape index (κ1) is 21.4. The molecular weight excluding hydrogens is 406 g/mol. The summed E-state index contributed by atoms with van der Waals surface area (Å²) in [5.41, 5.74) is 1.62. The van der Waals surface area contributed by atoms with Gasteiger partial charge in [-0.05, 0) is 68.7 Å². The first-order chi connectivity index (χ1) is 15.6. The van der Waals surface area contributed by atoms with Gasteiger partial charge in [-0.25, -0.2) is 0 Å². The Kier molecular flexibility index (Phi) is 5.93. The number of carbonyl (C=O) groups excluding carboxylic acids is 1. The summed E-state index contributed by atoms with van der Waals surface area (Å²) in [6.45, 7) is 4.93. The maximum absolute atomic E-state index is 13.2. The van der Waals surface area contributed by atoms with E-state index in [-0.39, 0.29) is 11.3 Å². The van der Waals surface area contributed by atoms with Gasteiger partial charge in [0, 0.05) is 43.2 Å². The van der Waals surface area contributed by atoms with Crippen molar-refractivity contribution >= 4 is 5.91 Å². The fourth-order valence-corrected chi connectivity index (χ4v) is 5.27. The largest absolute Gasteiger partial charge is 0.497 e. The molecule has 7 nitrogen and oxygen atoms in total. The molecule has 5 rings (SSSR count). The zero-order chi connectivity index (χ0) is 22.1. The normalized spacial score (nSPS) is 21.5. The molecule has 1 aliphatic carbocycles. The summed E-state index contributed by atoms with van der Waals surface area (Å²) in [5, 5.41) is 4.49. The van der Waals surface area contributed by atoms with Gasteiger partial charge in [0.05, 0.1) is 7.11 Å². The van der Waals surface area contributed by atoms with Gasteiger partial charge in [-0.2, -0.15) is 4.98 Å². The fraction of sp³-hybridized carbons (Fsp3) is 0.640. The Morgan fingerprint density at radius 1 is 1.19 bits per heavy atom. The number of likely N-dealkylation sites (tertiary alicyclic amines) is 1. The topological polar surface area (TPSA) is 77.7 Å². The molecule has 7 heteroatoms. The van der Waals surface area contributed by atoms with Crippen LogP contribution in [0.25, 0.3) is 0 Å². The number of piperidine rings is 1. The predicted octanol–water partition coefficient (Wildman–Crippen LogP) is 4.25. The summed E-state index contributed by atoms with van der Waals surface area (Å²) in [6, 6.07) is 5.66. The van der Waals surface area contributed by atoms with Gasteiger partial charge in [-0.15, -0.1) is 0 Å². The quantitative estimate of drug-likeness (QED) is 0.669. The number of amides is 1. The number of aryl methyl sites for hydroxylation is 1. The molecule has 2 aliphatic heterocycles. The SMILES string of the molecule is COc1ccc(C(=O)N2CCC(CC3CC3)(c3noc(C4CCOCC4)n3)CC2)c(C)c1. The minimum Gasteiger partial charge on any atom is -0.497 e. The van der Waals surface area contributed by atoms with Crippen molar-refractivity contribution in [2.24, 2.45) is 5.92 Å². The maximum Gasteiger partial charge on any atom is 0.254 e. The van der Waals surface area contributed by atoms with Crippen molar-refractivity contribution < 1.29 is 18.8 Å². The Bertz CT molecular complexity index is 954. The van der Waals surface area contributed by atoms with Crippen molar-refractivity contribution in [3.63, 3.8) is 0 Å². The number of nitrogens with zero attached hydrogens (tertiary/aromatic N) is 3. The van der Waals surface area contributed by atoms with Gasteiger partial charge in [0.15, 0.2) is 5.82 Å². The van der Waals surface area contributed by atoms with Crippen LogP contribution in [0.3, 0.4) is 0 Å². The first-order valence-electron chi connectivity index (χ1n) is 11.9. The van der Waals surface area contributed by atoms with Crippen LogP contribution in [0.4, 0.5) is 0 Å². The van der Waals surface area contributed by atoms with Crippen LogP contribution in [-0.2, 0) is 10.2 Å². The van der Waals surface area contributed by atoms with Gasteiger partial charge < -0.3 is 18.9 Å². The molecule has 2 aromatic rings. The Labute approximate surface area is 189 Å². The molecule has 1 aromatic carbocycles. The molecule has 32 heavy (non-hydrogen) atoms. The molecular formula is C25H33N3O4. The number of aromatic nitrogens is 2. The summed E-state index contributed by atoms with van der Waals surface area (Å²) in [5.74, 6) is 3.57. The average Bonchev–Trinajstić information content (AvgIpc) is 3.49. The van der Waals surface area contributed by atoms with Crippen molar-refractivity contribution in [2.45, 2.75) is 63.2 Å². The molecule has 0 spiro atoms. The van der Waals surface area contributed by atoms with E-state index >= 15 is 0 Å².